The van der Waals surface area contributed by atoms with Gasteiger partial charge in [0.05, 0.1) is 0 Å². The summed E-state index contributed by atoms with van der Waals surface area (Å²) < 4.78 is 26.0. The third kappa shape index (κ3) is 5.37. The first-order valence-corrected chi connectivity index (χ1v) is 9.67. The molecule has 1 aromatic rings. The highest BCUT2D eigenvalue weighted by molar-refractivity contribution is 7.86. The van der Waals surface area contributed by atoms with Gasteiger partial charge in [-0.2, -0.15) is 8.42 Å². The van der Waals surface area contributed by atoms with Crippen LogP contribution in [0.1, 0.15) is 16.7 Å². The molecule has 0 aliphatic rings. The number of alkyl halides is 9. The summed E-state index contributed by atoms with van der Waals surface area (Å²) in [5.74, 6) is 0. The van der Waals surface area contributed by atoms with Crippen LogP contribution in [-0.4, -0.2) is 13.0 Å². The van der Waals surface area contributed by atoms with Crippen LogP contribution >= 0.6 is 104 Å². The molecule has 0 fully saturated rings. The molecule has 0 spiro atoms. The molecule has 0 atom stereocenters. The fraction of sp³-hybridized carbons (Fsp3) is 0.333. The Morgan fingerprint density at radius 2 is 1.05 bits per heavy atom. The number of hydrogen-bond donors (Lipinski definition) is 1. The summed E-state index contributed by atoms with van der Waals surface area (Å²) in [6.45, 7) is 0. The quantitative estimate of drug-likeness (QED) is 0.351. The molecule has 1 N–H and O–H groups in total. The monoisotopic (exact) mass is 506 g/mol. The molecule has 13 heteroatoms. The summed E-state index contributed by atoms with van der Waals surface area (Å²) in [4.78, 5) is -0.898. The Hall–Kier alpha value is 1.74. The first-order valence-electron chi connectivity index (χ1n) is 4.83. The molecule has 1 rings (SSSR count). The molecule has 0 unspecified atom stereocenters. The molecule has 0 aliphatic carbocycles. The Bertz CT molecular complexity index is 647. The van der Waals surface area contributed by atoms with Crippen molar-refractivity contribution in [1.82, 2.24) is 0 Å². The van der Waals surface area contributed by atoms with E-state index in [0.717, 1.165) is 12.1 Å². The van der Waals surface area contributed by atoms with Crippen LogP contribution in [0.15, 0.2) is 17.0 Å². The van der Waals surface area contributed by atoms with Crippen LogP contribution in [-0.2, 0) is 21.5 Å². The normalized spacial score (nSPS) is 14.3. The van der Waals surface area contributed by atoms with Crippen molar-refractivity contribution in [3.8, 4) is 0 Å². The largest absolute Gasteiger partial charge is 0.295 e. The van der Waals surface area contributed by atoms with E-state index in [1.54, 1.807) is 0 Å². The van der Waals surface area contributed by atoms with Crippen molar-refractivity contribution in [3.63, 3.8) is 0 Å². The van der Waals surface area contributed by atoms with Crippen LogP contribution in [0.4, 0.5) is 0 Å². The summed E-state index contributed by atoms with van der Waals surface area (Å²) in [6.07, 6.45) is 0. The molecule has 126 valence electrons. The van der Waals surface area contributed by atoms with Crippen LogP contribution in [0.5, 0.6) is 0 Å². The lowest BCUT2D eigenvalue weighted by Crippen LogP contribution is -2.19. The zero-order chi connectivity index (χ0) is 17.7. The van der Waals surface area contributed by atoms with E-state index >= 15 is 0 Å². The van der Waals surface area contributed by atoms with Crippen molar-refractivity contribution in [2.24, 2.45) is 0 Å². The molecule has 0 heterocycles. The molecule has 0 bridgehead atoms. The summed E-state index contributed by atoms with van der Waals surface area (Å²) in [5.41, 5.74) is -1.21. The number of halogens is 9. The summed E-state index contributed by atoms with van der Waals surface area (Å²) in [7, 11) is -4.93. The molecule has 0 saturated heterocycles. The zero-order valence-electron chi connectivity index (χ0n) is 9.73. The van der Waals surface area contributed by atoms with Gasteiger partial charge in [-0.15, -0.1) is 0 Å². The summed E-state index contributed by atoms with van der Waals surface area (Å²) >= 11 is 51.5. The van der Waals surface area contributed by atoms with Gasteiger partial charge in [-0.3, -0.25) is 4.55 Å². The second kappa shape index (κ2) is 6.81. The van der Waals surface area contributed by atoms with Crippen LogP contribution < -0.4 is 0 Å². The van der Waals surface area contributed by atoms with Gasteiger partial charge in [0, 0.05) is 16.7 Å². The molecule has 22 heavy (non-hydrogen) atoms. The smallest absolute Gasteiger partial charge is 0.282 e. The first-order chi connectivity index (χ1) is 9.45. The standard InChI is InChI=1S/C9H3Cl9O3S/c10-7(11,12)3-1-4(8(13,14)15)6(22(19,20)21)5(2-3)9(16,17)18/h1-2H,(H,19,20,21). The maximum absolute atomic E-state index is 11.6. The maximum Gasteiger partial charge on any atom is 0.295 e. The molecular weight excluding hydrogens is 507 g/mol. The van der Waals surface area contributed by atoms with Gasteiger partial charge < -0.3 is 0 Å². The second-order valence-electron chi connectivity index (χ2n) is 3.87. The molecule has 0 aromatic heterocycles. The van der Waals surface area contributed by atoms with Crippen LogP contribution in [0.25, 0.3) is 0 Å². The molecular formula is C9H3Cl9O3S. The van der Waals surface area contributed by atoms with E-state index in [1.807, 2.05) is 0 Å². The van der Waals surface area contributed by atoms with Gasteiger partial charge >= 0.3 is 0 Å². The molecule has 1 aromatic carbocycles. The Morgan fingerprint density at radius 3 is 1.23 bits per heavy atom. The lowest BCUT2D eigenvalue weighted by atomic mass is 10.1. The second-order valence-corrected chi connectivity index (χ2v) is 12.1. The highest BCUT2D eigenvalue weighted by Gasteiger charge is 2.41. The predicted molar refractivity (Wildman–Crippen MR) is 94.0 cm³/mol. The van der Waals surface area contributed by atoms with E-state index in [9.17, 15) is 13.0 Å². The Labute approximate surface area is 171 Å². The van der Waals surface area contributed by atoms with Gasteiger partial charge in [0.2, 0.25) is 11.4 Å². The average Bonchev–Trinajstić information content (AvgIpc) is 2.22. The fourth-order valence-electron chi connectivity index (χ4n) is 1.49. The third-order valence-corrected chi connectivity index (χ3v) is 5.12. The number of hydrogen-bond acceptors (Lipinski definition) is 2. The highest BCUT2D eigenvalue weighted by atomic mass is 35.6. The predicted octanol–water partition coefficient (Wildman–Crippen LogP) is 6.41. The molecule has 0 aliphatic heterocycles. The third-order valence-electron chi connectivity index (χ3n) is 2.29. The van der Waals surface area contributed by atoms with Crippen LogP contribution in [0, 0.1) is 0 Å². The van der Waals surface area contributed by atoms with E-state index in [0.29, 0.717) is 0 Å². The Balaban J connectivity index is 4.05. The minimum absolute atomic E-state index is 0.132. The molecule has 0 radical (unpaired) electrons. The maximum atomic E-state index is 11.6. The van der Waals surface area contributed by atoms with E-state index in [1.165, 1.54) is 0 Å². The minimum Gasteiger partial charge on any atom is -0.282 e. The van der Waals surface area contributed by atoms with Gasteiger partial charge in [0.25, 0.3) is 10.1 Å². The van der Waals surface area contributed by atoms with Crippen LogP contribution in [0.2, 0.25) is 0 Å². The number of rotatable bonds is 1. The van der Waals surface area contributed by atoms with Gasteiger partial charge in [0.15, 0.2) is 0 Å². The fourth-order valence-corrected chi connectivity index (χ4v) is 4.03. The first kappa shape index (κ1) is 21.8. The van der Waals surface area contributed by atoms with Gasteiger partial charge in [-0.1, -0.05) is 104 Å². The van der Waals surface area contributed by atoms with Gasteiger partial charge in [0.1, 0.15) is 4.90 Å². The van der Waals surface area contributed by atoms with Crippen molar-refractivity contribution < 1.29 is 13.0 Å². The van der Waals surface area contributed by atoms with Crippen LogP contribution in [0.3, 0.4) is 0 Å². The highest BCUT2D eigenvalue weighted by Crippen LogP contribution is 2.51. The lowest BCUT2D eigenvalue weighted by molar-refractivity contribution is 0.481. The average molecular weight is 510 g/mol. The Morgan fingerprint density at radius 1 is 0.727 bits per heavy atom. The van der Waals surface area contributed by atoms with E-state index in [-0.39, 0.29) is 5.56 Å². The summed E-state index contributed by atoms with van der Waals surface area (Å²) in [5, 5.41) is 0. The lowest BCUT2D eigenvalue weighted by Gasteiger charge is -2.24. The van der Waals surface area contributed by atoms with Gasteiger partial charge in [-0.05, 0) is 12.1 Å². The minimum atomic E-state index is -4.93. The van der Waals surface area contributed by atoms with Crippen molar-refractivity contribution in [3.05, 3.63) is 28.8 Å². The topological polar surface area (TPSA) is 54.4 Å². The molecule has 0 saturated carbocycles. The SMILES string of the molecule is O=S(=O)(O)c1c(C(Cl)(Cl)Cl)cc(C(Cl)(Cl)Cl)cc1C(Cl)(Cl)Cl. The molecule has 0 amide bonds. The van der Waals surface area contributed by atoms with E-state index < -0.39 is 37.5 Å². The van der Waals surface area contributed by atoms with Gasteiger partial charge in [-0.25, -0.2) is 0 Å². The van der Waals surface area contributed by atoms with E-state index in [2.05, 4.69) is 0 Å². The van der Waals surface area contributed by atoms with E-state index in [4.69, 9.17) is 104 Å². The number of benzene rings is 1. The van der Waals surface area contributed by atoms with Crippen molar-refractivity contribution in [1.29, 1.82) is 0 Å². The zero-order valence-corrected chi connectivity index (χ0v) is 17.3. The van der Waals surface area contributed by atoms with Crippen molar-refractivity contribution in [2.45, 2.75) is 16.3 Å². The summed E-state index contributed by atoms with van der Waals surface area (Å²) in [6, 6.07) is 1.92. The van der Waals surface area contributed by atoms with Crippen molar-refractivity contribution in [2.75, 3.05) is 0 Å². The van der Waals surface area contributed by atoms with Crippen molar-refractivity contribution >= 4 is 115 Å². The Kier molecular flexibility index (Phi) is 6.74. The molecule has 3 nitrogen and oxygen atoms in total.